The van der Waals surface area contributed by atoms with Gasteiger partial charge in [0.1, 0.15) is 30.9 Å². The second-order valence-electron chi connectivity index (χ2n) is 11.9. The van der Waals surface area contributed by atoms with Crippen LogP contribution in [-0.4, -0.2) is 55.9 Å². The van der Waals surface area contributed by atoms with E-state index in [1.165, 1.54) is 14.0 Å². The lowest BCUT2D eigenvalue weighted by Crippen LogP contribution is -2.71. The second kappa shape index (κ2) is 9.31. The summed E-state index contributed by atoms with van der Waals surface area (Å²) >= 11 is 0. The quantitative estimate of drug-likeness (QED) is 0.182. The van der Waals surface area contributed by atoms with E-state index in [1.807, 2.05) is 13.8 Å². The predicted molar refractivity (Wildman–Crippen MR) is 137 cm³/mol. The Labute approximate surface area is 227 Å². The average molecular weight is 539 g/mol. The van der Waals surface area contributed by atoms with E-state index in [4.69, 9.17) is 18.9 Å². The molecule has 1 heterocycles. The summed E-state index contributed by atoms with van der Waals surface area (Å²) in [5, 5.41) is 0. The molecule has 1 aliphatic heterocycles. The Morgan fingerprint density at radius 2 is 1.77 bits per heavy atom. The molecule has 7 atom stereocenters. The van der Waals surface area contributed by atoms with Gasteiger partial charge in [-0.1, -0.05) is 20.4 Å². The van der Waals surface area contributed by atoms with Gasteiger partial charge in [-0.25, -0.2) is 4.79 Å². The number of aldehydes is 1. The van der Waals surface area contributed by atoms with Crippen LogP contribution in [0.25, 0.3) is 0 Å². The summed E-state index contributed by atoms with van der Waals surface area (Å²) in [7, 11) is 1.51. The first-order valence-corrected chi connectivity index (χ1v) is 13.3. The maximum atomic E-state index is 14.1. The van der Waals surface area contributed by atoms with Crippen LogP contribution >= 0.6 is 0 Å². The van der Waals surface area contributed by atoms with Gasteiger partial charge in [-0.15, -0.1) is 0 Å². The van der Waals surface area contributed by atoms with Crippen molar-refractivity contribution in [3.05, 3.63) is 42.0 Å². The largest absolute Gasteiger partial charge is 0.497 e. The smallest absolute Gasteiger partial charge is 0.338 e. The minimum atomic E-state index is -1.88. The van der Waals surface area contributed by atoms with E-state index in [2.05, 4.69) is 6.58 Å². The number of benzene rings is 1. The van der Waals surface area contributed by atoms with Crippen LogP contribution in [0.1, 0.15) is 56.8 Å². The molecule has 3 saturated carbocycles. The molecule has 0 aromatic heterocycles. The lowest BCUT2D eigenvalue weighted by Gasteiger charge is -2.62. The number of hydrogen-bond donors (Lipinski definition) is 0. The van der Waals surface area contributed by atoms with E-state index in [-0.39, 0.29) is 17.7 Å². The van der Waals surface area contributed by atoms with Crippen molar-refractivity contribution in [1.29, 1.82) is 0 Å². The molecule has 2 bridgehead atoms. The first kappa shape index (κ1) is 27.1. The Kier molecular flexibility index (Phi) is 6.47. The minimum absolute atomic E-state index is 0.174. The van der Waals surface area contributed by atoms with Crippen molar-refractivity contribution < 1.29 is 42.9 Å². The number of esters is 3. The molecule has 9 heteroatoms. The number of ether oxygens (including phenoxy) is 4. The summed E-state index contributed by atoms with van der Waals surface area (Å²) in [6, 6.07) is 6.32. The van der Waals surface area contributed by atoms with Crippen molar-refractivity contribution in [2.45, 2.75) is 58.7 Å². The van der Waals surface area contributed by atoms with E-state index < -0.39 is 69.9 Å². The van der Waals surface area contributed by atoms with Gasteiger partial charge in [-0.3, -0.25) is 14.4 Å². The van der Waals surface area contributed by atoms with Gasteiger partial charge >= 0.3 is 17.9 Å². The normalized spacial score (nSPS) is 36.5. The average Bonchev–Trinajstić information content (AvgIpc) is 3.02. The molecule has 1 saturated heterocycles. The van der Waals surface area contributed by atoms with E-state index in [0.717, 1.165) is 6.29 Å². The van der Waals surface area contributed by atoms with Gasteiger partial charge < -0.3 is 23.7 Å². The molecule has 3 aliphatic carbocycles. The molecule has 4 aliphatic rings. The summed E-state index contributed by atoms with van der Waals surface area (Å²) < 4.78 is 22.8. The van der Waals surface area contributed by atoms with Crippen molar-refractivity contribution in [2.75, 3.05) is 13.7 Å². The first-order valence-electron chi connectivity index (χ1n) is 13.3. The van der Waals surface area contributed by atoms with Crippen LogP contribution in [0.4, 0.5) is 0 Å². The highest BCUT2D eigenvalue weighted by molar-refractivity contribution is 6.16. The first-order chi connectivity index (χ1) is 18.4. The fraction of sp³-hybridized carbons (Fsp3) is 0.567. The van der Waals surface area contributed by atoms with Crippen molar-refractivity contribution in [2.24, 2.45) is 34.0 Å². The molecule has 9 nitrogen and oxygen atoms in total. The Morgan fingerprint density at radius 3 is 2.38 bits per heavy atom. The van der Waals surface area contributed by atoms with E-state index in [9.17, 15) is 24.0 Å². The van der Waals surface area contributed by atoms with Gasteiger partial charge in [0.05, 0.1) is 18.1 Å². The molecular weight excluding hydrogens is 504 g/mol. The molecule has 2 spiro atoms. The van der Waals surface area contributed by atoms with E-state index >= 15 is 0 Å². The lowest BCUT2D eigenvalue weighted by molar-refractivity contribution is -0.250. The molecule has 4 fully saturated rings. The second-order valence-corrected chi connectivity index (χ2v) is 11.9. The highest BCUT2D eigenvalue weighted by Crippen LogP contribution is 2.68. The van der Waals surface area contributed by atoms with Crippen molar-refractivity contribution in [3.8, 4) is 5.75 Å². The maximum Gasteiger partial charge on any atom is 0.338 e. The number of carbonyl (C=O) groups is 5. The molecule has 5 rings (SSSR count). The van der Waals surface area contributed by atoms with E-state index in [0.29, 0.717) is 31.4 Å². The van der Waals surface area contributed by atoms with Crippen LogP contribution in [0.15, 0.2) is 36.4 Å². The molecule has 1 aromatic rings. The van der Waals surface area contributed by atoms with Gasteiger partial charge in [-0.05, 0) is 66.9 Å². The monoisotopic (exact) mass is 538 g/mol. The van der Waals surface area contributed by atoms with Crippen molar-refractivity contribution in [1.82, 2.24) is 0 Å². The standard InChI is InChI=1S/C30H34O9/c1-16-20-10-11-21-29(22(14-31)28(3,4)13-12-23(29)38-17(2)32)15-37-27(35)30(21,24(16)33)25(20)39-26(34)18-6-8-19(36-5)9-7-18/h6-9,14,20-23,25H,1,10-13,15H2,2-5H3/t20-,21-,22+,23-,25+,29-,30-/m0/s1. The van der Waals surface area contributed by atoms with Gasteiger partial charge in [0.25, 0.3) is 0 Å². The van der Waals surface area contributed by atoms with Crippen molar-refractivity contribution in [3.63, 3.8) is 0 Å². The molecule has 39 heavy (non-hydrogen) atoms. The van der Waals surface area contributed by atoms with Crippen LogP contribution < -0.4 is 4.74 Å². The predicted octanol–water partition coefficient (Wildman–Crippen LogP) is 3.48. The number of cyclic esters (lactones) is 1. The summed E-state index contributed by atoms with van der Waals surface area (Å²) in [5.41, 5.74) is -3.13. The number of ketones is 1. The molecule has 0 unspecified atom stereocenters. The number of rotatable bonds is 5. The van der Waals surface area contributed by atoms with Crippen LogP contribution in [0.3, 0.4) is 0 Å². The molecule has 208 valence electrons. The molecular formula is C30H34O9. The van der Waals surface area contributed by atoms with E-state index in [1.54, 1.807) is 24.3 Å². The summed E-state index contributed by atoms with van der Waals surface area (Å²) in [4.78, 5) is 66.2. The van der Waals surface area contributed by atoms with Crippen molar-refractivity contribution >= 4 is 30.0 Å². The Morgan fingerprint density at radius 1 is 1.08 bits per heavy atom. The zero-order valence-electron chi connectivity index (χ0n) is 22.7. The third-order valence-electron chi connectivity index (χ3n) is 9.76. The minimum Gasteiger partial charge on any atom is -0.497 e. The number of methoxy groups -OCH3 is 1. The third-order valence-corrected chi connectivity index (χ3v) is 9.76. The Hall–Kier alpha value is -3.49. The van der Waals surface area contributed by atoms with Gasteiger partial charge in [0.2, 0.25) is 0 Å². The Bertz CT molecular complexity index is 1250. The van der Waals surface area contributed by atoms with Crippen LogP contribution in [0.5, 0.6) is 5.75 Å². The molecule has 0 radical (unpaired) electrons. The Balaban J connectivity index is 1.64. The van der Waals surface area contributed by atoms with Crippen LogP contribution in [-0.2, 0) is 33.4 Å². The summed E-state index contributed by atoms with van der Waals surface area (Å²) in [6.07, 6.45) is 0.778. The highest BCUT2D eigenvalue weighted by atomic mass is 16.6. The number of hydrogen-bond acceptors (Lipinski definition) is 9. The third kappa shape index (κ3) is 3.68. The van der Waals surface area contributed by atoms with Gasteiger partial charge in [0.15, 0.2) is 11.2 Å². The number of fused-ring (bicyclic) bond motifs is 2. The fourth-order valence-corrected chi connectivity index (χ4v) is 8.02. The zero-order valence-corrected chi connectivity index (χ0v) is 22.7. The van der Waals surface area contributed by atoms with Crippen LogP contribution in [0, 0.1) is 34.0 Å². The maximum absolute atomic E-state index is 14.1. The summed E-state index contributed by atoms with van der Waals surface area (Å²) in [6.45, 7) is 9.05. The van der Waals surface area contributed by atoms with Crippen LogP contribution in [0.2, 0.25) is 0 Å². The summed E-state index contributed by atoms with van der Waals surface area (Å²) in [5.74, 6) is -3.99. The molecule has 1 aromatic carbocycles. The number of carbonyl (C=O) groups excluding carboxylic acids is 5. The zero-order chi connectivity index (χ0) is 28.3. The molecule has 0 N–H and O–H groups in total. The highest BCUT2D eigenvalue weighted by Gasteiger charge is 2.79. The number of Topliss-reactive ketones (excluding diaryl/α,β-unsaturated/α-hetero) is 1. The SMILES string of the molecule is C=C1C(=O)[C@@]23C(=O)OC[C@]4([C@@H](OC(C)=O)CCC(C)(C)[C@H]4C=O)[C@@H]2CC[C@@H]1[C@H]3OC(=O)c1ccc(OC)cc1. The lowest BCUT2D eigenvalue weighted by atomic mass is 9.43. The molecule has 0 amide bonds. The van der Waals surface area contributed by atoms with Gasteiger partial charge in [-0.2, -0.15) is 0 Å². The topological polar surface area (TPSA) is 122 Å². The fourth-order valence-electron chi connectivity index (χ4n) is 8.02. The van der Waals surface area contributed by atoms with Gasteiger partial charge in [0, 0.05) is 18.8 Å².